The largest absolute Gasteiger partial charge is 0.327 e. The molecule has 3 aliphatic carbocycles. The average molecular weight is 221 g/mol. The molecule has 0 amide bonds. The number of Topliss-reactive ketones (excluding diaryl/α,β-unsaturated/α-hetero) is 1. The SMILES string of the molecule is CC(=O)[C@@H]1CCC[C@]2(C1)[C@H]1CC[C@H](C1)[C@@H]2N. The lowest BCUT2D eigenvalue weighted by Crippen LogP contribution is -2.49. The number of carbonyl (C=O) groups excluding carboxylic acids is 1. The van der Waals surface area contributed by atoms with Crippen LogP contribution in [0.3, 0.4) is 0 Å². The third-order valence-corrected chi connectivity index (χ3v) is 5.85. The first-order chi connectivity index (χ1) is 7.63. The molecule has 0 saturated heterocycles. The predicted octanol–water partition coefficient (Wildman–Crippen LogP) is 2.51. The molecule has 0 unspecified atom stereocenters. The van der Waals surface area contributed by atoms with Gasteiger partial charge in [0.05, 0.1) is 0 Å². The standard InChI is InChI=1S/C14H23NO/c1-9(16)11-3-2-6-14(8-11)12-5-4-10(7-12)13(14)15/h10-13H,2-8,15H2,1H3/t10-,11-,12+,13+,14+/m1/s1. The molecule has 2 nitrogen and oxygen atoms in total. The molecule has 3 fully saturated rings. The highest BCUT2D eigenvalue weighted by atomic mass is 16.1. The minimum Gasteiger partial charge on any atom is -0.327 e. The zero-order valence-corrected chi connectivity index (χ0v) is 10.2. The Balaban J connectivity index is 1.85. The number of hydrogen-bond donors (Lipinski definition) is 1. The topological polar surface area (TPSA) is 43.1 Å². The van der Waals surface area contributed by atoms with E-state index in [0.29, 0.717) is 23.2 Å². The van der Waals surface area contributed by atoms with Crippen molar-refractivity contribution in [1.29, 1.82) is 0 Å². The molecular weight excluding hydrogens is 198 g/mol. The predicted molar refractivity (Wildman–Crippen MR) is 63.9 cm³/mol. The summed E-state index contributed by atoms with van der Waals surface area (Å²) in [6.07, 6.45) is 8.80. The molecule has 2 heteroatoms. The fourth-order valence-corrected chi connectivity index (χ4v) is 4.97. The van der Waals surface area contributed by atoms with E-state index >= 15 is 0 Å². The lowest BCUT2D eigenvalue weighted by Gasteiger charge is -2.47. The van der Waals surface area contributed by atoms with Crippen LogP contribution in [0, 0.1) is 23.2 Å². The Morgan fingerprint density at radius 2 is 2.12 bits per heavy atom. The molecule has 0 heterocycles. The normalized spacial score (nSPS) is 51.1. The first-order valence-corrected chi connectivity index (χ1v) is 6.89. The molecule has 3 saturated carbocycles. The van der Waals surface area contributed by atoms with Crippen molar-refractivity contribution in [2.45, 2.75) is 57.9 Å². The van der Waals surface area contributed by atoms with Crippen LogP contribution in [0.1, 0.15) is 51.9 Å². The molecule has 0 aromatic heterocycles. The second-order valence-electron chi connectivity index (χ2n) is 6.43. The van der Waals surface area contributed by atoms with Crippen LogP contribution >= 0.6 is 0 Å². The van der Waals surface area contributed by atoms with Crippen LogP contribution in [0.25, 0.3) is 0 Å². The molecule has 5 atom stereocenters. The van der Waals surface area contributed by atoms with Crippen LogP contribution in [-0.2, 0) is 4.79 Å². The second-order valence-corrected chi connectivity index (χ2v) is 6.43. The van der Waals surface area contributed by atoms with E-state index in [1.807, 2.05) is 0 Å². The van der Waals surface area contributed by atoms with Gasteiger partial charge in [0.15, 0.2) is 0 Å². The lowest BCUT2D eigenvalue weighted by molar-refractivity contribution is -0.124. The maximum absolute atomic E-state index is 11.6. The molecule has 0 aromatic carbocycles. The lowest BCUT2D eigenvalue weighted by atomic mass is 9.59. The van der Waals surface area contributed by atoms with Crippen LogP contribution in [-0.4, -0.2) is 11.8 Å². The molecule has 0 aromatic rings. The van der Waals surface area contributed by atoms with E-state index < -0.39 is 0 Å². The Morgan fingerprint density at radius 3 is 2.75 bits per heavy atom. The fraction of sp³-hybridized carbons (Fsp3) is 0.929. The maximum Gasteiger partial charge on any atom is 0.132 e. The summed E-state index contributed by atoms with van der Waals surface area (Å²) in [7, 11) is 0. The van der Waals surface area contributed by atoms with Gasteiger partial charge in [-0.1, -0.05) is 6.42 Å². The fourth-order valence-electron chi connectivity index (χ4n) is 4.97. The first-order valence-electron chi connectivity index (χ1n) is 6.89. The number of fused-ring (bicyclic) bond motifs is 3. The molecule has 3 rings (SSSR count). The summed E-state index contributed by atoms with van der Waals surface area (Å²) in [5.41, 5.74) is 6.84. The smallest absolute Gasteiger partial charge is 0.132 e. The molecule has 2 bridgehead atoms. The van der Waals surface area contributed by atoms with E-state index in [0.717, 1.165) is 24.7 Å². The van der Waals surface area contributed by atoms with Gasteiger partial charge in [0.1, 0.15) is 5.78 Å². The van der Waals surface area contributed by atoms with Crippen LogP contribution < -0.4 is 5.73 Å². The van der Waals surface area contributed by atoms with Gasteiger partial charge < -0.3 is 5.73 Å². The number of rotatable bonds is 1. The highest BCUT2D eigenvalue weighted by molar-refractivity contribution is 5.78. The van der Waals surface area contributed by atoms with Gasteiger partial charge in [-0.25, -0.2) is 0 Å². The van der Waals surface area contributed by atoms with Gasteiger partial charge in [0.25, 0.3) is 0 Å². The summed E-state index contributed by atoms with van der Waals surface area (Å²) in [6, 6.07) is 0.397. The number of hydrogen-bond acceptors (Lipinski definition) is 2. The van der Waals surface area contributed by atoms with Crippen molar-refractivity contribution in [2.75, 3.05) is 0 Å². The summed E-state index contributed by atoms with van der Waals surface area (Å²) in [4.78, 5) is 11.6. The number of nitrogens with two attached hydrogens (primary N) is 1. The molecule has 0 radical (unpaired) electrons. The number of carbonyl (C=O) groups is 1. The van der Waals surface area contributed by atoms with Crippen LogP contribution in [0.15, 0.2) is 0 Å². The van der Waals surface area contributed by atoms with E-state index in [1.54, 1.807) is 6.92 Å². The summed E-state index contributed by atoms with van der Waals surface area (Å²) < 4.78 is 0. The highest BCUT2D eigenvalue weighted by Crippen LogP contribution is 2.61. The Labute approximate surface area is 98.0 Å². The minimum atomic E-state index is 0.319. The first kappa shape index (κ1) is 10.8. The van der Waals surface area contributed by atoms with Crippen LogP contribution in [0.4, 0.5) is 0 Å². The summed E-state index contributed by atoms with van der Waals surface area (Å²) in [5, 5.41) is 0. The Kier molecular flexibility index (Phi) is 2.39. The van der Waals surface area contributed by atoms with Crippen molar-refractivity contribution >= 4 is 5.78 Å². The van der Waals surface area contributed by atoms with E-state index in [4.69, 9.17) is 5.73 Å². The van der Waals surface area contributed by atoms with Gasteiger partial charge in [0, 0.05) is 12.0 Å². The minimum absolute atomic E-state index is 0.319. The highest BCUT2D eigenvalue weighted by Gasteiger charge is 2.57. The molecule has 16 heavy (non-hydrogen) atoms. The van der Waals surface area contributed by atoms with Crippen molar-refractivity contribution in [3.8, 4) is 0 Å². The molecule has 0 aliphatic heterocycles. The van der Waals surface area contributed by atoms with Crippen molar-refractivity contribution < 1.29 is 4.79 Å². The molecule has 90 valence electrons. The zero-order chi connectivity index (χ0) is 11.3. The van der Waals surface area contributed by atoms with Crippen molar-refractivity contribution in [2.24, 2.45) is 28.9 Å². The van der Waals surface area contributed by atoms with E-state index in [2.05, 4.69) is 0 Å². The van der Waals surface area contributed by atoms with E-state index in [-0.39, 0.29) is 0 Å². The van der Waals surface area contributed by atoms with Crippen LogP contribution in [0.2, 0.25) is 0 Å². The van der Waals surface area contributed by atoms with Crippen LogP contribution in [0.5, 0.6) is 0 Å². The second kappa shape index (κ2) is 3.56. The van der Waals surface area contributed by atoms with Gasteiger partial charge in [-0.05, 0) is 62.7 Å². The van der Waals surface area contributed by atoms with E-state index in [9.17, 15) is 4.79 Å². The van der Waals surface area contributed by atoms with Gasteiger partial charge in [-0.2, -0.15) is 0 Å². The van der Waals surface area contributed by atoms with E-state index in [1.165, 1.54) is 32.1 Å². The molecule has 1 spiro atoms. The van der Waals surface area contributed by atoms with Gasteiger partial charge in [-0.3, -0.25) is 4.79 Å². The van der Waals surface area contributed by atoms with Crippen molar-refractivity contribution in [1.82, 2.24) is 0 Å². The van der Waals surface area contributed by atoms with Crippen molar-refractivity contribution in [3.05, 3.63) is 0 Å². The summed E-state index contributed by atoms with van der Waals surface area (Å²) >= 11 is 0. The Bertz CT molecular complexity index is 310. The average Bonchev–Trinajstić information content (AvgIpc) is 2.84. The third kappa shape index (κ3) is 1.32. The van der Waals surface area contributed by atoms with Crippen molar-refractivity contribution in [3.63, 3.8) is 0 Å². The maximum atomic E-state index is 11.6. The van der Waals surface area contributed by atoms with Gasteiger partial charge in [0.2, 0.25) is 0 Å². The Hall–Kier alpha value is -0.370. The molecular formula is C14H23NO. The van der Waals surface area contributed by atoms with Gasteiger partial charge >= 0.3 is 0 Å². The summed E-state index contributed by atoms with van der Waals surface area (Å²) in [5.74, 6) is 2.33. The quantitative estimate of drug-likeness (QED) is 0.739. The van der Waals surface area contributed by atoms with Gasteiger partial charge in [-0.15, -0.1) is 0 Å². The number of ketones is 1. The monoisotopic (exact) mass is 221 g/mol. The third-order valence-electron chi connectivity index (χ3n) is 5.85. The zero-order valence-electron chi connectivity index (χ0n) is 10.2. The summed E-state index contributed by atoms with van der Waals surface area (Å²) in [6.45, 7) is 1.77. The Morgan fingerprint density at radius 1 is 1.31 bits per heavy atom. The molecule has 2 N–H and O–H groups in total. The molecule has 3 aliphatic rings.